The topological polar surface area (TPSA) is 67.2 Å². The Balaban J connectivity index is 2.62. The molecule has 2 atom stereocenters. The first-order chi connectivity index (χ1) is 9.55. The van der Waals surface area contributed by atoms with Crippen LogP contribution < -0.4 is 4.74 Å². The quantitative estimate of drug-likeness (QED) is 0.479. The van der Waals surface area contributed by atoms with Crippen molar-refractivity contribution in [3.05, 3.63) is 42.5 Å². The van der Waals surface area contributed by atoms with Crippen LogP contribution in [0, 0.1) is 16.7 Å². The number of nitrogens with zero attached hydrogens (tertiary/aromatic N) is 1. The van der Waals surface area contributed by atoms with E-state index in [0.29, 0.717) is 5.75 Å². The summed E-state index contributed by atoms with van der Waals surface area (Å²) in [6.07, 6.45) is 1.81. The van der Waals surface area contributed by atoms with Gasteiger partial charge in [0.25, 0.3) is 0 Å². The van der Waals surface area contributed by atoms with E-state index in [1.54, 1.807) is 24.3 Å². The third-order valence-electron chi connectivity index (χ3n) is 3.61. The van der Waals surface area contributed by atoms with Crippen LogP contribution in [0.4, 0.5) is 0 Å². The molecule has 1 aliphatic rings. The monoisotopic (exact) mass is 269 g/mol. The van der Waals surface area contributed by atoms with E-state index in [0.717, 1.165) is 5.56 Å². The number of nitriles is 1. The van der Waals surface area contributed by atoms with Crippen molar-refractivity contribution in [2.75, 3.05) is 0 Å². The fourth-order valence-corrected chi connectivity index (χ4v) is 2.65. The van der Waals surface area contributed by atoms with Crippen molar-refractivity contribution in [3.8, 4) is 11.8 Å². The Morgan fingerprint density at radius 3 is 2.85 bits per heavy atom. The summed E-state index contributed by atoms with van der Waals surface area (Å²) >= 11 is 0. The molecule has 0 aliphatic carbocycles. The van der Waals surface area contributed by atoms with Crippen LogP contribution in [0.3, 0.4) is 0 Å². The SMILES string of the molecule is C=CCC1(C#N)C(=O)Oc2ccccc2C1CC(C)=O. The van der Waals surface area contributed by atoms with Gasteiger partial charge < -0.3 is 9.53 Å². The van der Waals surface area contributed by atoms with Gasteiger partial charge in [0.05, 0.1) is 6.07 Å². The van der Waals surface area contributed by atoms with Crippen molar-refractivity contribution in [3.63, 3.8) is 0 Å². The molecule has 0 radical (unpaired) electrons. The molecule has 0 saturated heterocycles. The van der Waals surface area contributed by atoms with Crippen LogP contribution in [0.1, 0.15) is 31.2 Å². The summed E-state index contributed by atoms with van der Waals surface area (Å²) in [6, 6.07) is 9.10. The molecule has 1 aliphatic heterocycles. The molecular formula is C16H15NO3. The van der Waals surface area contributed by atoms with E-state index < -0.39 is 17.3 Å². The van der Waals surface area contributed by atoms with Gasteiger partial charge in [-0.3, -0.25) is 0 Å². The van der Waals surface area contributed by atoms with E-state index in [1.807, 2.05) is 0 Å². The first kappa shape index (κ1) is 14.0. The van der Waals surface area contributed by atoms with Crippen molar-refractivity contribution in [2.24, 2.45) is 5.41 Å². The molecule has 1 aromatic carbocycles. The third-order valence-corrected chi connectivity index (χ3v) is 3.61. The highest BCUT2D eigenvalue weighted by atomic mass is 16.5. The van der Waals surface area contributed by atoms with Gasteiger partial charge in [-0.25, -0.2) is 4.79 Å². The van der Waals surface area contributed by atoms with Crippen molar-refractivity contribution in [1.82, 2.24) is 0 Å². The van der Waals surface area contributed by atoms with Gasteiger partial charge >= 0.3 is 5.97 Å². The molecule has 102 valence electrons. The molecule has 20 heavy (non-hydrogen) atoms. The fraction of sp³-hybridized carbons (Fsp3) is 0.312. The molecule has 0 bridgehead atoms. The second-order valence-electron chi connectivity index (χ2n) is 4.96. The van der Waals surface area contributed by atoms with Crippen molar-refractivity contribution in [2.45, 2.75) is 25.7 Å². The summed E-state index contributed by atoms with van der Waals surface area (Å²) in [5.41, 5.74) is -0.646. The second-order valence-corrected chi connectivity index (χ2v) is 4.96. The lowest BCUT2D eigenvalue weighted by molar-refractivity contribution is -0.145. The maximum Gasteiger partial charge on any atom is 0.332 e. The minimum absolute atomic E-state index is 0.0665. The summed E-state index contributed by atoms with van der Waals surface area (Å²) in [5, 5.41) is 9.54. The van der Waals surface area contributed by atoms with Crippen LogP contribution in [0.15, 0.2) is 36.9 Å². The van der Waals surface area contributed by atoms with Crippen molar-refractivity contribution in [1.29, 1.82) is 5.26 Å². The zero-order valence-electron chi connectivity index (χ0n) is 11.3. The minimum atomic E-state index is -1.37. The van der Waals surface area contributed by atoms with E-state index in [9.17, 15) is 14.9 Å². The molecule has 1 heterocycles. The first-order valence-corrected chi connectivity index (χ1v) is 6.38. The maximum absolute atomic E-state index is 12.3. The van der Waals surface area contributed by atoms with E-state index in [4.69, 9.17) is 4.74 Å². The molecule has 0 spiro atoms. The third kappa shape index (κ3) is 2.12. The number of rotatable bonds is 4. The number of carbonyl (C=O) groups excluding carboxylic acids is 2. The highest BCUT2D eigenvalue weighted by molar-refractivity contribution is 5.88. The Morgan fingerprint density at radius 2 is 2.25 bits per heavy atom. The average molecular weight is 269 g/mol. The smallest absolute Gasteiger partial charge is 0.332 e. The summed E-state index contributed by atoms with van der Waals surface area (Å²) in [7, 11) is 0. The normalized spacial score (nSPS) is 24.2. The van der Waals surface area contributed by atoms with Crippen LogP contribution in [0.2, 0.25) is 0 Å². The maximum atomic E-state index is 12.3. The number of Topliss-reactive ketones (excluding diaryl/α,β-unsaturated/α-hetero) is 1. The molecule has 0 saturated carbocycles. The molecule has 2 unspecified atom stereocenters. The average Bonchev–Trinajstić information content (AvgIpc) is 2.42. The zero-order valence-corrected chi connectivity index (χ0v) is 11.3. The van der Waals surface area contributed by atoms with Gasteiger partial charge in [0, 0.05) is 17.9 Å². The molecule has 0 N–H and O–H groups in total. The lowest BCUT2D eigenvalue weighted by Crippen LogP contribution is -2.43. The number of hydrogen-bond donors (Lipinski definition) is 0. The molecule has 0 aromatic heterocycles. The van der Waals surface area contributed by atoms with E-state index in [1.165, 1.54) is 13.0 Å². The van der Waals surface area contributed by atoms with Crippen LogP contribution >= 0.6 is 0 Å². The lowest BCUT2D eigenvalue weighted by atomic mass is 9.67. The Kier molecular flexibility index (Phi) is 3.71. The van der Waals surface area contributed by atoms with E-state index >= 15 is 0 Å². The number of ether oxygens (including phenoxy) is 1. The molecule has 0 fully saturated rings. The number of esters is 1. The first-order valence-electron chi connectivity index (χ1n) is 6.38. The Bertz CT molecular complexity index is 614. The van der Waals surface area contributed by atoms with Crippen LogP contribution in [0.5, 0.6) is 5.75 Å². The standard InChI is InChI=1S/C16H15NO3/c1-3-8-16(10-17)13(9-11(2)18)12-6-4-5-7-14(12)20-15(16)19/h3-7,13H,1,8-9H2,2H3. The molecular weight excluding hydrogens is 254 g/mol. The minimum Gasteiger partial charge on any atom is -0.425 e. The summed E-state index contributed by atoms with van der Waals surface area (Å²) in [6.45, 7) is 5.06. The predicted molar refractivity (Wildman–Crippen MR) is 73.0 cm³/mol. The molecule has 2 rings (SSSR count). The number of benzene rings is 1. The Labute approximate surface area is 117 Å². The Morgan fingerprint density at radius 1 is 1.55 bits per heavy atom. The van der Waals surface area contributed by atoms with Crippen LogP contribution in [-0.2, 0) is 9.59 Å². The van der Waals surface area contributed by atoms with Gasteiger partial charge in [-0.2, -0.15) is 5.26 Å². The van der Waals surface area contributed by atoms with Crippen molar-refractivity contribution >= 4 is 11.8 Å². The van der Waals surface area contributed by atoms with Gasteiger partial charge in [0.15, 0.2) is 5.41 Å². The van der Waals surface area contributed by atoms with Gasteiger partial charge in [0.1, 0.15) is 11.5 Å². The van der Waals surface area contributed by atoms with Gasteiger partial charge in [-0.1, -0.05) is 24.3 Å². The summed E-state index contributed by atoms with van der Waals surface area (Å²) in [4.78, 5) is 23.8. The summed E-state index contributed by atoms with van der Waals surface area (Å²) in [5.74, 6) is -0.743. The largest absolute Gasteiger partial charge is 0.425 e. The molecule has 4 heteroatoms. The van der Waals surface area contributed by atoms with Crippen LogP contribution in [0.25, 0.3) is 0 Å². The zero-order chi connectivity index (χ0) is 14.8. The summed E-state index contributed by atoms with van der Waals surface area (Å²) < 4.78 is 5.28. The number of ketones is 1. The molecule has 1 aromatic rings. The van der Waals surface area contributed by atoms with Crippen LogP contribution in [-0.4, -0.2) is 11.8 Å². The highest BCUT2D eigenvalue weighted by Gasteiger charge is 2.52. The second kappa shape index (κ2) is 5.30. The lowest BCUT2D eigenvalue weighted by Gasteiger charge is -2.36. The van der Waals surface area contributed by atoms with Gasteiger partial charge in [-0.15, -0.1) is 6.58 Å². The van der Waals surface area contributed by atoms with Gasteiger partial charge in [-0.05, 0) is 19.4 Å². The Hall–Kier alpha value is -2.41. The van der Waals surface area contributed by atoms with Crippen molar-refractivity contribution < 1.29 is 14.3 Å². The fourth-order valence-electron chi connectivity index (χ4n) is 2.65. The van der Waals surface area contributed by atoms with E-state index in [2.05, 4.69) is 12.6 Å². The number of para-hydroxylation sites is 1. The number of fused-ring (bicyclic) bond motifs is 1. The highest BCUT2D eigenvalue weighted by Crippen LogP contribution is 2.49. The number of allylic oxidation sites excluding steroid dienone is 1. The van der Waals surface area contributed by atoms with E-state index in [-0.39, 0.29) is 18.6 Å². The number of carbonyl (C=O) groups is 2. The number of hydrogen-bond acceptors (Lipinski definition) is 4. The van der Waals surface area contributed by atoms with Gasteiger partial charge in [0.2, 0.25) is 0 Å². The molecule has 4 nitrogen and oxygen atoms in total. The molecule has 0 amide bonds. The predicted octanol–water partition coefficient (Wildman–Crippen LogP) is 2.75.